The molecule has 2 aliphatic heterocycles. The molecule has 0 saturated carbocycles. The van der Waals surface area contributed by atoms with Crippen LogP contribution < -0.4 is 0 Å². The summed E-state index contributed by atoms with van der Waals surface area (Å²) in [5, 5.41) is 0. The minimum Gasteiger partial charge on any atom is -0.343 e. The summed E-state index contributed by atoms with van der Waals surface area (Å²) < 4.78 is 0. The van der Waals surface area contributed by atoms with Crippen LogP contribution in [0.1, 0.15) is 42.9 Å². The van der Waals surface area contributed by atoms with Crippen LogP contribution in [0.25, 0.3) is 0 Å². The Morgan fingerprint density at radius 1 is 1.00 bits per heavy atom. The van der Waals surface area contributed by atoms with E-state index in [9.17, 15) is 14.4 Å². The molecule has 1 atom stereocenters. The van der Waals surface area contributed by atoms with Gasteiger partial charge in [-0.1, -0.05) is 18.2 Å². The van der Waals surface area contributed by atoms with E-state index in [-0.39, 0.29) is 24.3 Å². The Morgan fingerprint density at radius 2 is 1.67 bits per heavy atom. The molecule has 2 fully saturated rings. The molecule has 146 valence electrons. The molecule has 2 aliphatic rings. The number of benzene rings is 1. The average molecular weight is 371 g/mol. The van der Waals surface area contributed by atoms with Crippen LogP contribution in [0.4, 0.5) is 0 Å². The second-order valence-electron chi connectivity index (χ2n) is 7.67. The summed E-state index contributed by atoms with van der Waals surface area (Å²) in [7, 11) is 0. The molecule has 0 aliphatic carbocycles. The summed E-state index contributed by atoms with van der Waals surface area (Å²) >= 11 is 0. The van der Waals surface area contributed by atoms with Gasteiger partial charge in [0.15, 0.2) is 0 Å². The number of piperazine rings is 1. The van der Waals surface area contributed by atoms with E-state index in [0.29, 0.717) is 32.5 Å². The third-order valence-corrected chi connectivity index (χ3v) is 5.78. The summed E-state index contributed by atoms with van der Waals surface area (Å²) in [4.78, 5) is 42.4. The lowest BCUT2D eigenvalue weighted by atomic mass is 10.0. The lowest BCUT2D eigenvalue weighted by Crippen LogP contribution is -2.58. The van der Waals surface area contributed by atoms with E-state index >= 15 is 0 Å². The van der Waals surface area contributed by atoms with Crippen LogP contribution in [0.5, 0.6) is 0 Å². The van der Waals surface area contributed by atoms with Gasteiger partial charge in [-0.3, -0.25) is 14.4 Å². The summed E-state index contributed by atoms with van der Waals surface area (Å²) in [6.07, 6.45) is 2.27. The van der Waals surface area contributed by atoms with Crippen molar-refractivity contribution >= 4 is 17.7 Å². The molecular formula is C21H29N3O3. The average Bonchev–Trinajstić information content (AvgIpc) is 3.03. The van der Waals surface area contributed by atoms with Gasteiger partial charge < -0.3 is 14.7 Å². The lowest BCUT2D eigenvalue weighted by Gasteiger charge is -2.39. The summed E-state index contributed by atoms with van der Waals surface area (Å²) in [5.41, 5.74) is 3.40. The van der Waals surface area contributed by atoms with Crippen molar-refractivity contribution in [1.29, 1.82) is 0 Å². The van der Waals surface area contributed by atoms with Gasteiger partial charge in [0.1, 0.15) is 6.04 Å². The van der Waals surface area contributed by atoms with E-state index in [1.54, 1.807) is 9.80 Å². The lowest BCUT2D eigenvalue weighted by molar-refractivity contribution is -0.155. The van der Waals surface area contributed by atoms with Crippen molar-refractivity contribution < 1.29 is 14.4 Å². The number of rotatable bonds is 6. The van der Waals surface area contributed by atoms with Gasteiger partial charge in [-0.25, -0.2) is 0 Å². The molecule has 3 rings (SSSR count). The maximum atomic E-state index is 12.8. The van der Waals surface area contributed by atoms with Crippen molar-refractivity contribution in [2.75, 3.05) is 26.2 Å². The van der Waals surface area contributed by atoms with Gasteiger partial charge in [0.05, 0.1) is 6.54 Å². The molecule has 1 aromatic rings. The van der Waals surface area contributed by atoms with Gasteiger partial charge in [0, 0.05) is 32.6 Å². The van der Waals surface area contributed by atoms with Crippen LogP contribution in [-0.4, -0.2) is 64.6 Å². The van der Waals surface area contributed by atoms with Crippen molar-refractivity contribution in [3.05, 3.63) is 34.9 Å². The summed E-state index contributed by atoms with van der Waals surface area (Å²) in [6, 6.07) is 5.62. The Kier molecular flexibility index (Phi) is 5.82. The molecule has 27 heavy (non-hydrogen) atoms. The molecular weight excluding hydrogens is 342 g/mol. The molecule has 6 nitrogen and oxygen atoms in total. The van der Waals surface area contributed by atoms with E-state index < -0.39 is 6.04 Å². The zero-order chi connectivity index (χ0) is 19.6. The number of carbonyl (C=O) groups excluding carboxylic acids is 3. The SMILES string of the molecule is Cc1cccc(C)c1CN1C(=O)CN(CCCN2CCCC2=O)C(=O)[C@@H]1C. The molecule has 1 aromatic carbocycles. The molecule has 0 spiro atoms. The molecule has 0 unspecified atom stereocenters. The van der Waals surface area contributed by atoms with Gasteiger partial charge in [0.2, 0.25) is 17.7 Å². The number of likely N-dealkylation sites (tertiary alicyclic amines) is 1. The van der Waals surface area contributed by atoms with Gasteiger partial charge >= 0.3 is 0 Å². The van der Waals surface area contributed by atoms with E-state index in [1.165, 1.54) is 0 Å². The van der Waals surface area contributed by atoms with Crippen molar-refractivity contribution in [1.82, 2.24) is 14.7 Å². The predicted molar refractivity (Wildman–Crippen MR) is 103 cm³/mol. The van der Waals surface area contributed by atoms with Gasteiger partial charge in [-0.2, -0.15) is 0 Å². The molecule has 2 heterocycles. The van der Waals surface area contributed by atoms with Gasteiger partial charge in [-0.15, -0.1) is 0 Å². The van der Waals surface area contributed by atoms with Crippen molar-refractivity contribution in [3.8, 4) is 0 Å². The summed E-state index contributed by atoms with van der Waals surface area (Å²) in [5.74, 6) is 0.180. The molecule has 2 saturated heterocycles. The Bertz CT molecular complexity index is 726. The number of aryl methyl sites for hydroxylation is 2. The standard InChI is InChI=1S/C21H29N3O3/c1-15-7-4-8-16(2)18(15)13-24-17(3)21(27)23(14-20(24)26)12-6-11-22-10-5-9-19(22)25/h4,7-8,17H,5-6,9-14H2,1-3H3/t17-/m0/s1. The number of hydrogen-bond donors (Lipinski definition) is 0. The van der Waals surface area contributed by atoms with E-state index in [2.05, 4.69) is 0 Å². The Labute approximate surface area is 161 Å². The van der Waals surface area contributed by atoms with Crippen molar-refractivity contribution in [3.63, 3.8) is 0 Å². The summed E-state index contributed by atoms with van der Waals surface area (Å²) in [6.45, 7) is 8.48. The van der Waals surface area contributed by atoms with Crippen LogP contribution in [0.15, 0.2) is 18.2 Å². The molecule has 6 heteroatoms. The smallest absolute Gasteiger partial charge is 0.245 e. The Hall–Kier alpha value is -2.37. The normalized spacial score (nSPS) is 20.8. The minimum atomic E-state index is -0.460. The number of nitrogens with zero attached hydrogens (tertiary/aromatic N) is 3. The van der Waals surface area contributed by atoms with Crippen LogP contribution >= 0.6 is 0 Å². The largest absolute Gasteiger partial charge is 0.343 e. The van der Waals surface area contributed by atoms with E-state index in [4.69, 9.17) is 0 Å². The Morgan fingerprint density at radius 3 is 2.30 bits per heavy atom. The van der Waals surface area contributed by atoms with Crippen LogP contribution in [0.2, 0.25) is 0 Å². The maximum Gasteiger partial charge on any atom is 0.245 e. The first-order valence-electron chi connectivity index (χ1n) is 9.79. The topological polar surface area (TPSA) is 60.9 Å². The van der Waals surface area contributed by atoms with E-state index in [0.717, 1.165) is 29.7 Å². The predicted octanol–water partition coefficient (Wildman–Crippen LogP) is 1.88. The fraction of sp³-hybridized carbons (Fsp3) is 0.571. The second-order valence-corrected chi connectivity index (χ2v) is 7.67. The molecule has 0 radical (unpaired) electrons. The molecule has 3 amide bonds. The fourth-order valence-electron chi connectivity index (χ4n) is 4.02. The second kappa shape index (κ2) is 8.11. The van der Waals surface area contributed by atoms with E-state index in [1.807, 2.05) is 43.9 Å². The van der Waals surface area contributed by atoms with Crippen LogP contribution in [0.3, 0.4) is 0 Å². The zero-order valence-electron chi connectivity index (χ0n) is 16.5. The van der Waals surface area contributed by atoms with Crippen LogP contribution in [0, 0.1) is 13.8 Å². The fourth-order valence-corrected chi connectivity index (χ4v) is 4.02. The zero-order valence-corrected chi connectivity index (χ0v) is 16.5. The van der Waals surface area contributed by atoms with Gasteiger partial charge in [-0.05, 0) is 50.3 Å². The highest BCUT2D eigenvalue weighted by atomic mass is 16.2. The highest BCUT2D eigenvalue weighted by molar-refractivity contribution is 5.94. The quantitative estimate of drug-likeness (QED) is 0.767. The van der Waals surface area contributed by atoms with Crippen molar-refractivity contribution in [2.24, 2.45) is 0 Å². The maximum absolute atomic E-state index is 12.8. The Balaban J connectivity index is 1.59. The third-order valence-electron chi connectivity index (χ3n) is 5.78. The first kappa shape index (κ1) is 19.4. The number of carbonyl (C=O) groups is 3. The van der Waals surface area contributed by atoms with Crippen LogP contribution in [-0.2, 0) is 20.9 Å². The van der Waals surface area contributed by atoms with Crippen molar-refractivity contribution in [2.45, 2.75) is 52.6 Å². The first-order chi connectivity index (χ1) is 12.9. The van der Waals surface area contributed by atoms with Gasteiger partial charge in [0.25, 0.3) is 0 Å². The number of amides is 3. The highest BCUT2D eigenvalue weighted by Crippen LogP contribution is 2.21. The molecule has 0 bridgehead atoms. The number of hydrogen-bond acceptors (Lipinski definition) is 3. The highest BCUT2D eigenvalue weighted by Gasteiger charge is 2.36. The molecule has 0 N–H and O–H groups in total. The molecule has 0 aromatic heterocycles. The third kappa shape index (κ3) is 4.15. The minimum absolute atomic E-state index is 0.00594. The first-order valence-corrected chi connectivity index (χ1v) is 9.79. The monoisotopic (exact) mass is 371 g/mol.